The Morgan fingerprint density at radius 1 is 1.15 bits per heavy atom. The Kier molecular flexibility index (Phi) is 5.02. The van der Waals surface area contributed by atoms with E-state index >= 15 is 0 Å². The number of hydrogen-bond acceptors (Lipinski definition) is 4. The molecule has 1 aliphatic rings. The molecule has 1 atom stereocenters. The number of rotatable bonds is 4. The lowest BCUT2D eigenvalue weighted by atomic mass is 10.1. The molecule has 2 aromatic carbocycles. The van der Waals surface area contributed by atoms with Gasteiger partial charge in [0.1, 0.15) is 0 Å². The molecule has 1 saturated heterocycles. The van der Waals surface area contributed by atoms with Crippen molar-refractivity contribution in [3.05, 3.63) is 59.7 Å². The summed E-state index contributed by atoms with van der Waals surface area (Å²) in [4.78, 5) is 38.1. The average molecular weight is 352 g/mol. The van der Waals surface area contributed by atoms with Crippen LogP contribution in [0.2, 0.25) is 0 Å². The van der Waals surface area contributed by atoms with Crippen molar-refractivity contribution in [3.8, 4) is 0 Å². The predicted octanol–water partition coefficient (Wildman–Crippen LogP) is 2.77. The van der Waals surface area contributed by atoms with E-state index in [2.05, 4.69) is 5.32 Å². The number of carbonyl (C=O) groups excluding carboxylic acids is 3. The zero-order valence-corrected chi connectivity index (χ0v) is 14.7. The SMILES string of the molecule is COC(=O)c1cccc(N2CC(C(=O)Nc3ccc(C)cc3)CC2=O)c1. The van der Waals surface area contributed by atoms with Crippen molar-refractivity contribution >= 4 is 29.2 Å². The molecule has 2 amide bonds. The van der Waals surface area contributed by atoms with Gasteiger partial charge in [0.15, 0.2) is 0 Å². The quantitative estimate of drug-likeness (QED) is 0.859. The Morgan fingerprint density at radius 2 is 1.88 bits per heavy atom. The second kappa shape index (κ2) is 7.39. The highest BCUT2D eigenvalue weighted by molar-refractivity contribution is 6.04. The van der Waals surface area contributed by atoms with Gasteiger partial charge in [-0.05, 0) is 37.3 Å². The Labute approximate surface area is 151 Å². The van der Waals surface area contributed by atoms with Gasteiger partial charge in [0.25, 0.3) is 0 Å². The summed E-state index contributed by atoms with van der Waals surface area (Å²) in [5, 5.41) is 2.85. The highest BCUT2D eigenvalue weighted by Crippen LogP contribution is 2.27. The van der Waals surface area contributed by atoms with Crippen LogP contribution in [0.3, 0.4) is 0 Å². The van der Waals surface area contributed by atoms with Crippen LogP contribution in [0.1, 0.15) is 22.3 Å². The summed E-state index contributed by atoms with van der Waals surface area (Å²) in [7, 11) is 1.31. The normalized spacial score (nSPS) is 16.5. The lowest BCUT2D eigenvalue weighted by Crippen LogP contribution is -2.28. The molecular formula is C20H20N2O4. The van der Waals surface area contributed by atoms with E-state index in [-0.39, 0.29) is 24.8 Å². The van der Waals surface area contributed by atoms with E-state index in [0.717, 1.165) is 5.56 Å². The van der Waals surface area contributed by atoms with Gasteiger partial charge < -0.3 is 15.0 Å². The molecule has 0 aromatic heterocycles. The van der Waals surface area contributed by atoms with Crippen LogP contribution in [0.5, 0.6) is 0 Å². The zero-order valence-electron chi connectivity index (χ0n) is 14.7. The van der Waals surface area contributed by atoms with Crippen LogP contribution < -0.4 is 10.2 Å². The number of benzene rings is 2. The Morgan fingerprint density at radius 3 is 2.58 bits per heavy atom. The number of carbonyl (C=O) groups is 3. The number of nitrogens with one attached hydrogen (secondary N) is 1. The zero-order chi connectivity index (χ0) is 18.7. The summed E-state index contributed by atoms with van der Waals surface area (Å²) < 4.78 is 4.71. The molecule has 6 heteroatoms. The number of amides is 2. The lowest BCUT2D eigenvalue weighted by molar-refractivity contribution is -0.122. The number of hydrogen-bond donors (Lipinski definition) is 1. The van der Waals surface area contributed by atoms with E-state index in [0.29, 0.717) is 16.9 Å². The van der Waals surface area contributed by atoms with Gasteiger partial charge in [-0.2, -0.15) is 0 Å². The highest BCUT2D eigenvalue weighted by atomic mass is 16.5. The monoisotopic (exact) mass is 352 g/mol. The smallest absolute Gasteiger partial charge is 0.337 e. The Bertz CT molecular complexity index is 845. The summed E-state index contributed by atoms with van der Waals surface area (Å²) in [6.45, 7) is 2.25. The highest BCUT2D eigenvalue weighted by Gasteiger charge is 2.35. The van der Waals surface area contributed by atoms with Crippen LogP contribution >= 0.6 is 0 Å². The van der Waals surface area contributed by atoms with Gasteiger partial charge in [-0.3, -0.25) is 9.59 Å². The molecule has 26 heavy (non-hydrogen) atoms. The van der Waals surface area contributed by atoms with Crippen molar-refractivity contribution in [2.24, 2.45) is 5.92 Å². The third-order valence-electron chi connectivity index (χ3n) is 4.39. The van der Waals surface area contributed by atoms with Crippen LogP contribution in [0.25, 0.3) is 0 Å². The molecule has 0 saturated carbocycles. The molecule has 0 aliphatic carbocycles. The van der Waals surface area contributed by atoms with E-state index in [1.165, 1.54) is 12.0 Å². The first kappa shape index (κ1) is 17.7. The molecule has 2 aromatic rings. The molecule has 3 rings (SSSR count). The second-order valence-corrected chi connectivity index (χ2v) is 6.30. The molecule has 134 valence electrons. The molecule has 1 fully saturated rings. The predicted molar refractivity (Wildman–Crippen MR) is 98.1 cm³/mol. The molecule has 0 bridgehead atoms. The Balaban J connectivity index is 1.71. The molecular weight excluding hydrogens is 332 g/mol. The molecule has 0 spiro atoms. The Hall–Kier alpha value is -3.15. The first-order chi connectivity index (χ1) is 12.5. The lowest BCUT2D eigenvalue weighted by Gasteiger charge is -2.17. The fourth-order valence-corrected chi connectivity index (χ4v) is 2.93. The summed E-state index contributed by atoms with van der Waals surface area (Å²) in [6, 6.07) is 14.2. The van der Waals surface area contributed by atoms with Crippen molar-refractivity contribution < 1.29 is 19.1 Å². The minimum Gasteiger partial charge on any atom is -0.465 e. The standard InChI is InChI=1S/C20H20N2O4/c1-13-6-8-16(9-7-13)21-19(24)15-11-18(23)22(12-15)17-5-3-4-14(10-17)20(25)26-2/h3-10,15H,11-12H2,1-2H3,(H,21,24). The van der Waals surface area contributed by atoms with Gasteiger partial charge in [0.2, 0.25) is 11.8 Å². The number of aryl methyl sites for hydroxylation is 1. The molecule has 0 radical (unpaired) electrons. The van der Waals surface area contributed by atoms with Gasteiger partial charge in [-0.25, -0.2) is 4.79 Å². The minimum atomic E-state index is -0.466. The van der Waals surface area contributed by atoms with Crippen molar-refractivity contribution in [3.63, 3.8) is 0 Å². The fourth-order valence-electron chi connectivity index (χ4n) is 2.93. The van der Waals surface area contributed by atoms with Crippen LogP contribution in [0.15, 0.2) is 48.5 Å². The van der Waals surface area contributed by atoms with E-state index < -0.39 is 11.9 Å². The summed E-state index contributed by atoms with van der Waals surface area (Å²) in [5.74, 6) is -1.23. The van der Waals surface area contributed by atoms with E-state index in [1.807, 2.05) is 31.2 Å². The van der Waals surface area contributed by atoms with Gasteiger partial charge in [0, 0.05) is 24.3 Å². The first-order valence-corrected chi connectivity index (χ1v) is 8.34. The van der Waals surface area contributed by atoms with Gasteiger partial charge in [-0.15, -0.1) is 0 Å². The first-order valence-electron chi connectivity index (χ1n) is 8.34. The number of methoxy groups -OCH3 is 1. The minimum absolute atomic E-state index is 0.139. The van der Waals surface area contributed by atoms with Gasteiger partial charge in [-0.1, -0.05) is 23.8 Å². The van der Waals surface area contributed by atoms with Crippen molar-refractivity contribution in [1.29, 1.82) is 0 Å². The number of anilines is 2. The summed E-state index contributed by atoms with van der Waals surface area (Å²) >= 11 is 0. The molecule has 1 unspecified atom stereocenters. The maximum absolute atomic E-state index is 12.5. The topological polar surface area (TPSA) is 75.7 Å². The molecule has 6 nitrogen and oxygen atoms in total. The summed E-state index contributed by atoms with van der Waals surface area (Å²) in [6.07, 6.45) is 0.139. The number of nitrogens with zero attached hydrogens (tertiary/aromatic N) is 1. The van der Waals surface area contributed by atoms with Crippen molar-refractivity contribution in [1.82, 2.24) is 0 Å². The van der Waals surface area contributed by atoms with Crippen LogP contribution in [-0.2, 0) is 14.3 Å². The van der Waals surface area contributed by atoms with E-state index in [9.17, 15) is 14.4 Å². The molecule has 1 aliphatic heterocycles. The number of ether oxygens (including phenoxy) is 1. The summed E-state index contributed by atoms with van der Waals surface area (Å²) in [5.41, 5.74) is 2.77. The number of esters is 1. The molecule has 1 heterocycles. The van der Waals surface area contributed by atoms with Crippen LogP contribution in [-0.4, -0.2) is 31.4 Å². The van der Waals surface area contributed by atoms with E-state index in [4.69, 9.17) is 4.74 Å². The van der Waals surface area contributed by atoms with Gasteiger partial charge in [0.05, 0.1) is 18.6 Å². The largest absolute Gasteiger partial charge is 0.465 e. The van der Waals surface area contributed by atoms with Gasteiger partial charge >= 0.3 is 5.97 Å². The average Bonchev–Trinajstić information content (AvgIpc) is 3.05. The van der Waals surface area contributed by atoms with Crippen LogP contribution in [0.4, 0.5) is 11.4 Å². The van der Waals surface area contributed by atoms with E-state index in [1.54, 1.807) is 24.3 Å². The van der Waals surface area contributed by atoms with Crippen LogP contribution in [0, 0.1) is 12.8 Å². The van der Waals surface area contributed by atoms with Crippen molar-refractivity contribution in [2.75, 3.05) is 23.9 Å². The third kappa shape index (κ3) is 3.74. The molecule has 1 N–H and O–H groups in total. The maximum Gasteiger partial charge on any atom is 0.337 e. The van der Waals surface area contributed by atoms with Crippen molar-refractivity contribution in [2.45, 2.75) is 13.3 Å². The fraction of sp³-hybridized carbons (Fsp3) is 0.250. The maximum atomic E-state index is 12.5. The second-order valence-electron chi connectivity index (χ2n) is 6.30. The third-order valence-corrected chi connectivity index (χ3v) is 4.39.